The van der Waals surface area contributed by atoms with Gasteiger partial charge in [-0.25, -0.2) is 9.18 Å². The zero-order valence-corrected chi connectivity index (χ0v) is 14.3. The second kappa shape index (κ2) is 8.21. The maximum absolute atomic E-state index is 13.2. The number of alkyl carbamates (subject to hydrolysis) is 1. The monoisotopic (exact) mass is 341 g/mol. The van der Waals surface area contributed by atoms with Crippen LogP contribution in [-0.2, 0) is 4.74 Å². The summed E-state index contributed by atoms with van der Waals surface area (Å²) in [4.78, 5) is 23.0. The molecule has 0 spiro atoms. The summed E-state index contributed by atoms with van der Waals surface area (Å²) in [5, 5.41) is 22.7. The lowest BCUT2D eigenvalue weighted by atomic mass is 9.95. The number of ketones is 1. The summed E-state index contributed by atoms with van der Waals surface area (Å²) in [6, 6.07) is 3.39. The van der Waals surface area contributed by atoms with E-state index in [0.717, 1.165) is 12.1 Å². The van der Waals surface area contributed by atoms with Crippen LogP contribution in [0.4, 0.5) is 9.18 Å². The van der Waals surface area contributed by atoms with E-state index in [0.29, 0.717) is 0 Å². The summed E-state index contributed by atoms with van der Waals surface area (Å²) in [7, 11) is 0. The summed E-state index contributed by atoms with van der Waals surface area (Å²) in [6.07, 6.45) is -3.20. The van der Waals surface area contributed by atoms with Crippen LogP contribution in [0.5, 0.6) is 0 Å². The van der Waals surface area contributed by atoms with E-state index in [-0.39, 0.29) is 24.1 Å². The van der Waals surface area contributed by atoms with Crippen molar-refractivity contribution in [3.05, 3.63) is 35.1 Å². The molecule has 24 heavy (non-hydrogen) atoms. The molecule has 0 bridgehead atoms. The molecule has 7 heteroatoms. The first-order valence-corrected chi connectivity index (χ1v) is 7.64. The number of halogens is 1. The highest BCUT2D eigenvalue weighted by Gasteiger charge is 2.23. The molecule has 2 atom stereocenters. The smallest absolute Gasteiger partial charge is 0.407 e. The van der Waals surface area contributed by atoms with Crippen molar-refractivity contribution in [1.29, 1.82) is 0 Å². The Kier molecular flexibility index (Phi) is 6.86. The fraction of sp³-hybridized carbons (Fsp3) is 0.529. The number of nitrogens with one attached hydrogen (secondary N) is 1. The molecule has 2 unspecified atom stereocenters. The fourth-order valence-electron chi connectivity index (χ4n) is 2.09. The zero-order chi connectivity index (χ0) is 18.5. The zero-order valence-electron chi connectivity index (χ0n) is 14.3. The quantitative estimate of drug-likeness (QED) is 0.690. The van der Waals surface area contributed by atoms with Gasteiger partial charge in [-0.3, -0.25) is 4.79 Å². The molecule has 0 aliphatic carbocycles. The van der Waals surface area contributed by atoms with Crippen molar-refractivity contribution in [2.75, 3.05) is 6.54 Å². The molecule has 1 amide bonds. The van der Waals surface area contributed by atoms with Gasteiger partial charge in [-0.15, -0.1) is 0 Å². The minimum Gasteiger partial charge on any atom is -0.444 e. The van der Waals surface area contributed by atoms with Gasteiger partial charge in [0.15, 0.2) is 5.78 Å². The van der Waals surface area contributed by atoms with Gasteiger partial charge < -0.3 is 20.3 Å². The summed E-state index contributed by atoms with van der Waals surface area (Å²) in [5.74, 6) is -1.01. The highest BCUT2D eigenvalue weighted by molar-refractivity contribution is 5.95. The first-order chi connectivity index (χ1) is 11.0. The fourth-order valence-corrected chi connectivity index (χ4v) is 2.09. The van der Waals surface area contributed by atoms with Gasteiger partial charge in [0, 0.05) is 12.1 Å². The number of rotatable bonds is 6. The number of aliphatic hydroxyl groups excluding tert-OH is 2. The van der Waals surface area contributed by atoms with Crippen LogP contribution in [0.2, 0.25) is 0 Å². The van der Waals surface area contributed by atoms with E-state index in [9.17, 15) is 24.2 Å². The first-order valence-electron chi connectivity index (χ1n) is 7.64. The van der Waals surface area contributed by atoms with Gasteiger partial charge in [0.05, 0.1) is 6.10 Å². The van der Waals surface area contributed by atoms with E-state index < -0.39 is 35.5 Å². The largest absolute Gasteiger partial charge is 0.444 e. The van der Waals surface area contributed by atoms with E-state index in [1.165, 1.54) is 13.0 Å². The number of benzene rings is 1. The second-order valence-electron chi connectivity index (χ2n) is 6.52. The third kappa shape index (κ3) is 6.25. The number of Topliss-reactive ketones (excluding diaryl/α,β-unsaturated/α-hetero) is 1. The second-order valence-corrected chi connectivity index (χ2v) is 6.52. The molecule has 0 fully saturated rings. The molecule has 0 aromatic heterocycles. The predicted octanol–water partition coefficient (Wildman–Crippen LogP) is 2.34. The van der Waals surface area contributed by atoms with Crippen molar-refractivity contribution >= 4 is 11.9 Å². The molecule has 0 radical (unpaired) electrons. The van der Waals surface area contributed by atoms with Crippen LogP contribution in [0.15, 0.2) is 18.2 Å². The van der Waals surface area contributed by atoms with E-state index >= 15 is 0 Å². The first kappa shape index (κ1) is 20.1. The number of carbonyl (C=O) groups excluding carboxylic acids is 2. The Hall–Kier alpha value is -1.99. The highest BCUT2D eigenvalue weighted by Crippen LogP contribution is 2.24. The van der Waals surface area contributed by atoms with Crippen molar-refractivity contribution in [2.45, 2.75) is 51.9 Å². The lowest BCUT2D eigenvalue weighted by molar-refractivity contribution is 0.0119. The van der Waals surface area contributed by atoms with Crippen molar-refractivity contribution in [3.63, 3.8) is 0 Å². The van der Waals surface area contributed by atoms with Crippen LogP contribution in [0.25, 0.3) is 0 Å². The molecule has 0 aliphatic heterocycles. The molecule has 0 aliphatic rings. The molecule has 6 nitrogen and oxygen atoms in total. The molecule has 134 valence electrons. The Morgan fingerprint density at radius 2 is 1.92 bits per heavy atom. The third-order valence-corrected chi connectivity index (χ3v) is 3.19. The highest BCUT2D eigenvalue weighted by atomic mass is 19.1. The van der Waals surface area contributed by atoms with Crippen LogP contribution in [0.3, 0.4) is 0 Å². The topological polar surface area (TPSA) is 95.9 Å². The predicted molar refractivity (Wildman–Crippen MR) is 86.2 cm³/mol. The Bertz CT molecular complexity index is 597. The minimum absolute atomic E-state index is 0.0154. The number of amides is 1. The lowest BCUT2D eigenvalue weighted by Crippen LogP contribution is -2.34. The van der Waals surface area contributed by atoms with Gasteiger partial charge in [-0.2, -0.15) is 0 Å². The van der Waals surface area contributed by atoms with Crippen LogP contribution < -0.4 is 5.32 Å². The Morgan fingerprint density at radius 3 is 2.46 bits per heavy atom. The lowest BCUT2D eigenvalue weighted by Gasteiger charge is -2.22. The maximum atomic E-state index is 13.2. The minimum atomic E-state index is -1.37. The van der Waals surface area contributed by atoms with Crippen LogP contribution in [-0.4, -0.2) is 40.3 Å². The average molecular weight is 341 g/mol. The van der Waals surface area contributed by atoms with Crippen molar-refractivity contribution in [1.82, 2.24) is 5.32 Å². The SMILES string of the molecule is CC(=O)c1cc(F)ccc1C(O)C(O)CCNC(=O)OC(C)(C)C. The molecule has 0 saturated heterocycles. The molecule has 0 saturated carbocycles. The van der Waals surface area contributed by atoms with Gasteiger partial charge in [0.1, 0.15) is 17.5 Å². The van der Waals surface area contributed by atoms with E-state index in [1.807, 2.05) is 0 Å². The number of ether oxygens (including phenoxy) is 1. The average Bonchev–Trinajstić information content (AvgIpc) is 2.44. The van der Waals surface area contributed by atoms with Gasteiger partial charge >= 0.3 is 6.09 Å². The Balaban J connectivity index is 2.64. The van der Waals surface area contributed by atoms with Gasteiger partial charge in [-0.1, -0.05) is 6.07 Å². The molecule has 0 heterocycles. The van der Waals surface area contributed by atoms with Crippen LogP contribution in [0.1, 0.15) is 56.1 Å². The standard InChI is InChI=1S/C17H24FNO5/c1-10(20)13-9-11(18)5-6-12(13)15(22)14(21)7-8-19-16(23)24-17(2,3)4/h5-6,9,14-15,21-22H,7-8H2,1-4H3,(H,19,23). The van der Waals surface area contributed by atoms with E-state index in [1.54, 1.807) is 20.8 Å². The number of hydrogen-bond acceptors (Lipinski definition) is 5. The van der Waals surface area contributed by atoms with E-state index in [2.05, 4.69) is 5.32 Å². The van der Waals surface area contributed by atoms with Gasteiger partial charge in [-0.05, 0) is 51.8 Å². The Labute approximate surface area is 140 Å². The molecule has 1 aromatic rings. The summed E-state index contributed by atoms with van der Waals surface area (Å²) >= 11 is 0. The summed E-state index contributed by atoms with van der Waals surface area (Å²) < 4.78 is 18.3. The van der Waals surface area contributed by atoms with Gasteiger partial charge in [0.2, 0.25) is 0 Å². The van der Waals surface area contributed by atoms with Crippen molar-refractivity contribution in [3.8, 4) is 0 Å². The van der Waals surface area contributed by atoms with Crippen LogP contribution >= 0.6 is 0 Å². The van der Waals surface area contributed by atoms with E-state index in [4.69, 9.17) is 4.74 Å². The number of carbonyl (C=O) groups is 2. The normalized spacial score (nSPS) is 14.0. The molecule has 1 aromatic carbocycles. The molecule has 1 rings (SSSR count). The van der Waals surface area contributed by atoms with Crippen molar-refractivity contribution < 1.29 is 28.9 Å². The molecular weight excluding hydrogens is 317 g/mol. The summed E-state index contributed by atoms with van der Waals surface area (Å²) in [5.41, 5.74) is -0.470. The Morgan fingerprint density at radius 1 is 1.29 bits per heavy atom. The van der Waals surface area contributed by atoms with Crippen molar-refractivity contribution in [2.24, 2.45) is 0 Å². The van der Waals surface area contributed by atoms with Crippen LogP contribution in [0, 0.1) is 5.82 Å². The number of aliphatic hydroxyl groups is 2. The summed E-state index contributed by atoms with van der Waals surface area (Å²) in [6.45, 7) is 6.50. The third-order valence-electron chi connectivity index (χ3n) is 3.19. The van der Waals surface area contributed by atoms with Gasteiger partial charge in [0.25, 0.3) is 0 Å². The molecular formula is C17H24FNO5. The number of hydrogen-bond donors (Lipinski definition) is 3. The maximum Gasteiger partial charge on any atom is 0.407 e. The molecule has 3 N–H and O–H groups in total.